The molecule has 206 valence electrons. The second-order valence-corrected chi connectivity index (χ2v) is 9.04. The molecule has 10 nitrogen and oxygen atoms in total. The van der Waals surface area contributed by atoms with Crippen LogP contribution in [0.2, 0.25) is 0 Å². The second-order valence-electron chi connectivity index (χ2n) is 9.04. The summed E-state index contributed by atoms with van der Waals surface area (Å²) in [5.74, 6) is 2.83. The predicted octanol–water partition coefficient (Wildman–Crippen LogP) is 4.58. The van der Waals surface area contributed by atoms with Gasteiger partial charge in [0.25, 0.3) is 5.91 Å². The van der Waals surface area contributed by atoms with Gasteiger partial charge in [-0.25, -0.2) is 0 Å². The van der Waals surface area contributed by atoms with Crippen LogP contribution in [0.5, 0.6) is 23.0 Å². The van der Waals surface area contributed by atoms with Gasteiger partial charge in [0.05, 0.1) is 46.7 Å². The number of benzene rings is 3. The topological polar surface area (TPSA) is 133 Å². The van der Waals surface area contributed by atoms with Crippen LogP contribution in [0.15, 0.2) is 75.8 Å². The zero-order valence-corrected chi connectivity index (χ0v) is 22.6. The molecule has 1 atom stereocenters. The zero-order valence-electron chi connectivity index (χ0n) is 22.6. The Hall–Kier alpha value is -4.96. The van der Waals surface area contributed by atoms with E-state index in [1.165, 1.54) is 0 Å². The van der Waals surface area contributed by atoms with Crippen LogP contribution >= 0.6 is 0 Å². The minimum absolute atomic E-state index is 0.272. The first kappa shape index (κ1) is 26.6. The van der Waals surface area contributed by atoms with Gasteiger partial charge in [0.1, 0.15) is 17.1 Å². The van der Waals surface area contributed by atoms with Crippen molar-refractivity contribution in [1.29, 1.82) is 0 Å². The lowest BCUT2D eigenvalue weighted by Gasteiger charge is -2.15. The summed E-state index contributed by atoms with van der Waals surface area (Å²) in [5, 5.41) is 7.96. The second kappa shape index (κ2) is 11.4. The number of hydrogen-bond acceptors (Lipinski definition) is 8. The number of anilines is 1. The lowest BCUT2D eigenvalue weighted by Crippen LogP contribution is -2.67. The first-order valence-electron chi connectivity index (χ1n) is 12.5. The van der Waals surface area contributed by atoms with Crippen LogP contribution in [-0.4, -0.2) is 45.5 Å². The molecule has 2 heterocycles. The molecule has 1 amide bonds. The number of para-hydroxylation sites is 1. The molecule has 5 aromatic rings. The van der Waals surface area contributed by atoms with Crippen molar-refractivity contribution in [3.05, 3.63) is 72.6 Å². The van der Waals surface area contributed by atoms with Crippen molar-refractivity contribution in [2.75, 3.05) is 33.8 Å². The lowest BCUT2D eigenvalue weighted by atomic mass is 10.0. The molecule has 0 saturated carbocycles. The average molecular weight is 545 g/mol. The lowest BCUT2D eigenvalue weighted by molar-refractivity contribution is -0.402. The third-order valence-corrected chi connectivity index (χ3v) is 6.56. The molecule has 4 N–H and O–H groups in total. The van der Waals surface area contributed by atoms with Crippen molar-refractivity contribution in [3.63, 3.8) is 0 Å². The monoisotopic (exact) mass is 544 g/mol. The van der Waals surface area contributed by atoms with E-state index in [2.05, 4.69) is 16.2 Å². The average Bonchev–Trinajstić information content (AvgIpc) is 3.63. The van der Waals surface area contributed by atoms with Crippen LogP contribution in [0.4, 0.5) is 5.69 Å². The number of furan rings is 1. The van der Waals surface area contributed by atoms with Crippen molar-refractivity contribution >= 4 is 22.6 Å². The van der Waals surface area contributed by atoms with Crippen molar-refractivity contribution < 1.29 is 38.4 Å². The van der Waals surface area contributed by atoms with Crippen LogP contribution in [0, 0.1) is 0 Å². The highest BCUT2D eigenvalue weighted by Gasteiger charge is 2.23. The first-order chi connectivity index (χ1) is 19.4. The van der Waals surface area contributed by atoms with E-state index in [1.54, 1.807) is 58.9 Å². The van der Waals surface area contributed by atoms with Gasteiger partial charge in [-0.15, -0.1) is 0 Å². The molecule has 0 aliphatic heterocycles. The highest BCUT2D eigenvalue weighted by atomic mass is 16.5. The number of aromatic nitrogens is 1. The summed E-state index contributed by atoms with van der Waals surface area (Å²) < 4.78 is 33.5. The number of hydrogen-bond donors (Lipinski definition) is 2. The molecule has 1 unspecified atom stereocenters. The number of rotatable bonds is 10. The van der Waals surface area contributed by atoms with E-state index in [1.807, 2.05) is 36.4 Å². The van der Waals surface area contributed by atoms with Crippen LogP contribution in [-0.2, 0) is 11.2 Å². The van der Waals surface area contributed by atoms with Crippen LogP contribution in [0.1, 0.15) is 5.76 Å². The maximum Gasteiger partial charge on any atom is 0.283 e. The number of nitrogens with one attached hydrogen (secondary N) is 1. The highest BCUT2D eigenvalue weighted by molar-refractivity contribution is 5.96. The molecule has 0 bridgehead atoms. The number of amides is 1. The minimum atomic E-state index is -0.598. The zero-order chi connectivity index (χ0) is 28.2. The number of quaternary nitrogens is 1. The molecule has 2 aromatic heterocycles. The van der Waals surface area contributed by atoms with Crippen LogP contribution < -0.4 is 30.0 Å². The molecule has 3 aromatic carbocycles. The maximum atomic E-state index is 13.1. The first-order valence-corrected chi connectivity index (χ1v) is 12.5. The Kier molecular flexibility index (Phi) is 7.61. The van der Waals surface area contributed by atoms with Crippen molar-refractivity contribution in [2.45, 2.75) is 12.5 Å². The van der Waals surface area contributed by atoms with E-state index >= 15 is 0 Å². The van der Waals surface area contributed by atoms with E-state index in [9.17, 15) is 4.79 Å². The number of fused-ring (bicyclic) bond motifs is 1. The smallest absolute Gasteiger partial charge is 0.283 e. The van der Waals surface area contributed by atoms with Crippen molar-refractivity contribution in [3.8, 4) is 45.4 Å². The summed E-state index contributed by atoms with van der Waals surface area (Å²) in [7, 11) is 6.18. The summed E-state index contributed by atoms with van der Waals surface area (Å²) in [6.45, 7) is 0. The number of ether oxygens (including phenoxy) is 4. The molecular weight excluding hydrogens is 514 g/mol. The van der Waals surface area contributed by atoms with Gasteiger partial charge >= 0.3 is 0 Å². The molecule has 10 heteroatoms. The van der Waals surface area contributed by atoms with Gasteiger partial charge < -0.3 is 38.9 Å². The maximum absolute atomic E-state index is 13.1. The van der Waals surface area contributed by atoms with Crippen molar-refractivity contribution in [2.24, 2.45) is 0 Å². The van der Waals surface area contributed by atoms with Crippen LogP contribution in [0.25, 0.3) is 33.4 Å². The Morgan fingerprint density at radius 1 is 0.900 bits per heavy atom. The fraction of sp³-hybridized carbons (Fsp3) is 0.200. The Balaban J connectivity index is 1.42. The molecular formula is C30H30N3O7+. The number of nitrogens with zero attached hydrogens (tertiary/aromatic N) is 1. The van der Waals surface area contributed by atoms with Gasteiger partial charge in [0.15, 0.2) is 23.3 Å². The molecule has 0 radical (unpaired) electrons. The third-order valence-electron chi connectivity index (χ3n) is 6.56. The predicted molar refractivity (Wildman–Crippen MR) is 149 cm³/mol. The summed E-state index contributed by atoms with van der Waals surface area (Å²) in [6, 6.07) is 18.0. The van der Waals surface area contributed by atoms with E-state index < -0.39 is 6.04 Å². The Labute approximate surface area is 230 Å². The minimum Gasteiger partial charge on any atom is -0.495 e. The van der Waals surface area contributed by atoms with Gasteiger partial charge in [-0.3, -0.25) is 4.79 Å². The quantitative estimate of drug-likeness (QED) is 0.261. The Morgan fingerprint density at radius 3 is 2.30 bits per heavy atom. The molecule has 0 fully saturated rings. The molecule has 0 aliphatic rings. The summed E-state index contributed by atoms with van der Waals surface area (Å²) in [4.78, 5) is 13.1. The summed E-state index contributed by atoms with van der Waals surface area (Å²) >= 11 is 0. The van der Waals surface area contributed by atoms with Gasteiger partial charge in [-0.05, 0) is 42.0 Å². The largest absolute Gasteiger partial charge is 0.495 e. The number of carbonyl (C=O) groups is 1. The molecule has 0 spiro atoms. The molecule has 5 rings (SSSR count). The molecule has 0 saturated heterocycles. The standard InChI is InChI=1S/C30H29N3O7/c1-35-25-10-9-17(21-16-32-40-28(21)19-13-26(36-2)29(38-4)27(14-19)37-3)12-23(25)33-30(34)22(31)15-20-11-18-7-5-6-8-24(18)39-20/h5-14,16,22H,15,31H2,1-4H3,(H,33,34)/p+1. The fourth-order valence-electron chi connectivity index (χ4n) is 4.55. The number of methoxy groups -OCH3 is 4. The summed E-state index contributed by atoms with van der Waals surface area (Å²) in [5.41, 5.74) is 7.43. The van der Waals surface area contributed by atoms with Gasteiger partial charge in [-0.2, -0.15) is 0 Å². The Morgan fingerprint density at radius 2 is 1.62 bits per heavy atom. The van der Waals surface area contributed by atoms with E-state index in [0.717, 1.165) is 16.5 Å². The number of carbonyl (C=O) groups excluding carboxylic acids is 1. The van der Waals surface area contributed by atoms with Crippen LogP contribution in [0.3, 0.4) is 0 Å². The van der Waals surface area contributed by atoms with E-state index in [4.69, 9.17) is 27.9 Å². The van der Waals surface area contributed by atoms with Gasteiger partial charge in [-0.1, -0.05) is 29.4 Å². The third kappa shape index (κ3) is 5.16. The van der Waals surface area contributed by atoms with Gasteiger partial charge in [0, 0.05) is 16.5 Å². The summed E-state index contributed by atoms with van der Waals surface area (Å²) in [6.07, 6.45) is 1.96. The van der Waals surface area contributed by atoms with Crippen molar-refractivity contribution in [1.82, 2.24) is 5.16 Å². The fourth-order valence-corrected chi connectivity index (χ4v) is 4.55. The van der Waals surface area contributed by atoms with E-state index in [0.29, 0.717) is 57.8 Å². The molecule has 0 aliphatic carbocycles. The highest BCUT2D eigenvalue weighted by Crippen LogP contribution is 2.44. The SMILES string of the molecule is COc1ccc(-c2cnoc2-c2cc(OC)c(OC)c(OC)c2)cc1NC(=O)C([NH3+])Cc1cc2ccccc2o1. The normalized spacial score (nSPS) is 11.7. The Bertz CT molecular complexity index is 1600. The molecule has 40 heavy (non-hydrogen) atoms. The van der Waals surface area contributed by atoms with E-state index in [-0.39, 0.29) is 5.91 Å². The van der Waals surface area contributed by atoms with Gasteiger partial charge in [0.2, 0.25) is 5.75 Å².